The molecule has 0 spiro atoms. The van der Waals surface area contributed by atoms with Crippen LogP contribution in [0.2, 0.25) is 0 Å². The van der Waals surface area contributed by atoms with Gasteiger partial charge in [-0.25, -0.2) is 9.18 Å². The Hall–Kier alpha value is -3.82. The van der Waals surface area contributed by atoms with Crippen LogP contribution < -0.4 is 16.6 Å². The van der Waals surface area contributed by atoms with Gasteiger partial charge in [0, 0.05) is 34.7 Å². The number of nitrogens with zero attached hydrogens (tertiary/aromatic N) is 5. The number of carbonyl (C=O) groups excluding carboxylic acids is 1. The highest BCUT2D eigenvalue weighted by Gasteiger charge is 2.41. The van der Waals surface area contributed by atoms with E-state index in [1.54, 1.807) is 30.5 Å². The first-order valence-electron chi connectivity index (χ1n) is 10.2. The molecular weight excluding hydrogens is 408 g/mol. The minimum Gasteiger partial charge on any atom is -0.368 e. The second-order valence-electron chi connectivity index (χ2n) is 7.99. The Bertz CT molecular complexity index is 1320. The molecule has 1 aliphatic rings. The average Bonchev–Trinajstić information content (AvgIpc) is 3.11. The van der Waals surface area contributed by atoms with Crippen molar-refractivity contribution in [2.24, 2.45) is 5.73 Å². The fourth-order valence-electron chi connectivity index (χ4n) is 4.19. The summed E-state index contributed by atoms with van der Waals surface area (Å²) in [5, 5.41) is 16.4. The van der Waals surface area contributed by atoms with Gasteiger partial charge in [0.05, 0.1) is 16.9 Å². The zero-order valence-corrected chi connectivity index (χ0v) is 17.1. The number of anilines is 1. The Morgan fingerprint density at radius 2 is 2.06 bits per heavy atom. The molecule has 3 aromatic heterocycles. The van der Waals surface area contributed by atoms with E-state index >= 15 is 0 Å². The molecule has 1 amide bonds. The van der Waals surface area contributed by atoms with E-state index in [4.69, 9.17) is 13.6 Å². The molecule has 1 fully saturated rings. The number of halogens is 1. The lowest BCUT2D eigenvalue weighted by molar-refractivity contribution is 0.243. The predicted octanol–water partition coefficient (Wildman–Crippen LogP) is 2.28. The molecule has 0 saturated heterocycles. The largest absolute Gasteiger partial charge is 0.368 e. The maximum atomic E-state index is 14.3. The fraction of sp³-hybridized carbons (Fsp3) is 0.227. The van der Waals surface area contributed by atoms with E-state index < -0.39 is 6.03 Å². The lowest BCUT2D eigenvalue weighted by Crippen LogP contribution is -2.42. The molecule has 0 bridgehead atoms. The Kier molecular flexibility index (Phi) is 4.84. The number of carbonyl (C=O) groups is 1. The Labute approximate surface area is 184 Å². The van der Waals surface area contributed by atoms with Gasteiger partial charge in [0.15, 0.2) is 0 Å². The van der Waals surface area contributed by atoms with E-state index in [9.17, 15) is 9.18 Å². The number of hydrogen-bond donors (Lipinski definition) is 2. The van der Waals surface area contributed by atoms with E-state index in [2.05, 4.69) is 25.6 Å². The fourth-order valence-corrected chi connectivity index (χ4v) is 4.19. The van der Waals surface area contributed by atoms with Crippen LogP contribution in [0.15, 0.2) is 48.7 Å². The highest BCUT2D eigenvalue weighted by atomic mass is 19.1. The number of nitrogens with one attached hydrogen (secondary N) is 1. The summed E-state index contributed by atoms with van der Waals surface area (Å²) in [5.41, 5.74) is 7.66. The Morgan fingerprint density at radius 1 is 1.22 bits per heavy atom. The molecule has 1 saturated carbocycles. The zero-order chi connectivity index (χ0) is 22.3. The van der Waals surface area contributed by atoms with Crippen molar-refractivity contribution in [3.05, 3.63) is 60.2 Å². The van der Waals surface area contributed by atoms with Crippen LogP contribution >= 0.6 is 0 Å². The molecule has 5 rings (SSSR count). The number of benzene rings is 1. The van der Waals surface area contributed by atoms with Gasteiger partial charge in [-0.1, -0.05) is 12.5 Å². The second-order valence-corrected chi connectivity index (χ2v) is 7.99. The summed E-state index contributed by atoms with van der Waals surface area (Å²) in [5.74, 6) is 0.322. The highest BCUT2D eigenvalue weighted by Crippen LogP contribution is 2.43. The molecule has 0 atom stereocenters. The van der Waals surface area contributed by atoms with E-state index in [0.717, 1.165) is 29.5 Å². The van der Waals surface area contributed by atoms with Gasteiger partial charge in [0.2, 0.25) is 0 Å². The standard InChI is InChI=1S/C22H19BFN7O/c23-20-14-11-13(4-6-17(14)31(30-20)21(25)32)16-5-7-18(29-28-16)27-12-22(8-2-9-22)19-15(24)3-1-10-26-19/h1,3-7,10-11H,2,8-9,12H2,(H2,25,32)(H,27,29). The number of amides is 1. The summed E-state index contributed by atoms with van der Waals surface area (Å²) in [7, 11) is 5.93. The maximum Gasteiger partial charge on any atom is 0.340 e. The number of primary amides is 1. The van der Waals surface area contributed by atoms with Crippen LogP contribution in [0.3, 0.4) is 0 Å². The smallest absolute Gasteiger partial charge is 0.340 e. The van der Waals surface area contributed by atoms with Crippen molar-refractivity contribution in [3.8, 4) is 11.3 Å². The van der Waals surface area contributed by atoms with Crippen molar-refractivity contribution in [2.45, 2.75) is 24.7 Å². The summed E-state index contributed by atoms with van der Waals surface area (Å²) in [6, 6.07) is 11.3. The van der Waals surface area contributed by atoms with Crippen LogP contribution in [-0.4, -0.2) is 45.4 Å². The summed E-state index contributed by atoms with van der Waals surface area (Å²) < 4.78 is 15.4. The first-order valence-corrected chi connectivity index (χ1v) is 10.2. The number of fused-ring (bicyclic) bond motifs is 1. The third kappa shape index (κ3) is 3.37. The van der Waals surface area contributed by atoms with Crippen molar-refractivity contribution < 1.29 is 9.18 Å². The summed E-state index contributed by atoms with van der Waals surface area (Å²) >= 11 is 0. The lowest BCUT2D eigenvalue weighted by atomic mass is 9.66. The molecule has 8 nitrogen and oxygen atoms in total. The van der Waals surface area contributed by atoms with Crippen molar-refractivity contribution in [1.29, 1.82) is 0 Å². The van der Waals surface area contributed by atoms with E-state index in [0.29, 0.717) is 34.7 Å². The van der Waals surface area contributed by atoms with Crippen LogP contribution in [0, 0.1) is 5.82 Å². The topological polar surface area (TPSA) is 112 Å². The van der Waals surface area contributed by atoms with Crippen molar-refractivity contribution in [1.82, 2.24) is 25.0 Å². The average molecular weight is 427 g/mol. The molecule has 158 valence electrons. The number of nitrogens with two attached hydrogens (primary N) is 1. The van der Waals surface area contributed by atoms with Crippen LogP contribution in [0.25, 0.3) is 22.2 Å². The molecule has 1 aliphatic carbocycles. The van der Waals surface area contributed by atoms with Gasteiger partial charge < -0.3 is 11.1 Å². The zero-order valence-electron chi connectivity index (χ0n) is 17.1. The maximum absolute atomic E-state index is 14.3. The number of hydrogen-bond acceptors (Lipinski definition) is 6. The van der Waals surface area contributed by atoms with Crippen molar-refractivity contribution >= 4 is 36.2 Å². The molecule has 3 N–H and O–H groups in total. The minimum absolute atomic E-state index is 0.208. The first-order chi connectivity index (χ1) is 15.5. The van der Waals surface area contributed by atoms with Crippen LogP contribution in [0.4, 0.5) is 15.0 Å². The summed E-state index contributed by atoms with van der Waals surface area (Å²) in [4.78, 5) is 15.8. The summed E-state index contributed by atoms with van der Waals surface area (Å²) in [6.07, 6.45) is 4.42. The highest BCUT2D eigenvalue weighted by molar-refractivity contribution is 6.37. The van der Waals surface area contributed by atoms with Crippen molar-refractivity contribution in [2.75, 3.05) is 11.9 Å². The van der Waals surface area contributed by atoms with E-state index in [1.165, 1.54) is 6.07 Å². The molecular formula is C22H19BFN7O. The van der Waals surface area contributed by atoms with Gasteiger partial charge in [-0.05, 0) is 49.2 Å². The van der Waals surface area contributed by atoms with Crippen LogP contribution in [0.5, 0.6) is 0 Å². The van der Waals surface area contributed by atoms with E-state index in [1.807, 2.05) is 12.1 Å². The molecule has 2 radical (unpaired) electrons. The third-order valence-electron chi connectivity index (χ3n) is 6.06. The van der Waals surface area contributed by atoms with Gasteiger partial charge in [-0.2, -0.15) is 9.78 Å². The third-order valence-corrected chi connectivity index (χ3v) is 6.06. The molecule has 0 unspecified atom stereocenters. The van der Waals surface area contributed by atoms with Gasteiger partial charge in [0.25, 0.3) is 0 Å². The van der Waals surface area contributed by atoms with Crippen LogP contribution in [0.1, 0.15) is 25.0 Å². The SMILES string of the molecule is [B]c1nn(C(N)=O)c2ccc(-c3ccc(NCC4(c5ncccc5F)CCC4)nn3)cc12. The predicted molar refractivity (Wildman–Crippen MR) is 119 cm³/mol. The molecule has 32 heavy (non-hydrogen) atoms. The quantitative estimate of drug-likeness (QED) is 0.473. The first kappa shape index (κ1) is 20.1. The Balaban J connectivity index is 1.35. The number of rotatable bonds is 5. The molecule has 4 aromatic rings. The van der Waals surface area contributed by atoms with Gasteiger partial charge >= 0.3 is 6.03 Å². The monoisotopic (exact) mass is 427 g/mol. The minimum atomic E-state index is -0.704. The molecule has 10 heteroatoms. The van der Waals surface area contributed by atoms with Gasteiger partial charge in [0.1, 0.15) is 19.5 Å². The van der Waals surface area contributed by atoms with Gasteiger partial charge in [-0.3, -0.25) is 4.98 Å². The summed E-state index contributed by atoms with van der Waals surface area (Å²) in [6.45, 7) is 0.532. The lowest BCUT2D eigenvalue weighted by Gasteiger charge is -2.41. The number of pyridine rings is 1. The molecule has 1 aromatic carbocycles. The van der Waals surface area contributed by atoms with E-state index in [-0.39, 0.29) is 16.8 Å². The Morgan fingerprint density at radius 3 is 2.72 bits per heavy atom. The molecule has 3 heterocycles. The van der Waals surface area contributed by atoms with Crippen molar-refractivity contribution in [3.63, 3.8) is 0 Å². The molecule has 0 aliphatic heterocycles. The number of aromatic nitrogens is 5. The van der Waals surface area contributed by atoms with Gasteiger partial charge in [-0.15, -0.1) is 10.2 Å². The van der Waals surface area contributed by atoms with Crippen LogP contribution in [-0.2, 0) is 5.41 Å². The normalized spacial score (nSPS) is 14.8. The second kappa shape index (κ2) is 7.70.